The Labute approximate surface area is 394 Å². The molecule has 14 heteroatoms. The third-order valence-electron chi connectivity index (χ3n) is 12.4. The average Bonchev–Trinajstić information content (AvgIpc) is 3.80. The zero-order valence-corrected chi connectivity index (χ0v) is 39.3. The highest BCUT2D eigenvalue weighted by atomic mass is 33.1. The van der Waals surface area contributed by atoms with Gasteiger partial charge < -0.3 is 50.4 Å². The van der Waals surface area contributed by atoms with Gasteiger partial charge in [-0.15, -0.1) is 0 Å². The summed E-state index contributed by atoms with van der Waals surface area (Å²) in [6.07, 6.45) is 4.28. The van der Waals surface area contributed by atoms with Gasteiger partial charge in [-0.25, -0.2) is 0 Å². The molecule has 1 aliphatic heterocycles. The van der Waals surface area contributed by atoms with Gasteiger partial charge in [0.1, 0.15) is 18.3 Å². The molecule has 0 spiro atoms. The van der Waals surface area contributed by atoms with Crippen LogP contribution < -0.4 is 20.1 Å². The van der Waals surface area contributed by atoms with Crippen LogP contribution in [0.5, 0.6) is 28.7 Å². The van der Waals surface area contributed by atoms with E-state index in [0.717, 1.165) is 55.3 Å². The van der Waals surface area contributed by atoms with Gasteiger partial charge in [-0.3, -0.25) is 10.1 Å². The maximum atomic E-state index is 15.1. The molecule has 0 fully saturated rings. The topological polar surface area (TPSA) is 197 Å². The fourth-order valence-electron chi connectivity index (χ4n) is 9.14. The molecule has 9 N–H and O–H groups in total. The summed E-state index contributed by atoms with van der Waals surface area (Å²) in [6.45, 7) is 2.56. The molecule has 0 saturated heterocycles. The molecule has 12 nitrogen and oxygen atoms in total. The summed E-state index contributed by atoms with van der Waals surface area (Å²) in [6, 6.07) is 26.1. The van der Waals surface area contributed by atoms with Crippen LogP contribution in [0.4, 0.5) is 0 Å². The second kappa shape index (κ2) is 22.5. The molecule has 0 amide bonds. The van der Waals surface area contributed by atoms with Crippen LogP contribution in [0, 0.1) is 5.92 Å². The number of carbonyl (C=O) groups excluding carboxylic acids is 1. The maximum Gasteiger partial charge on any atom is 0.167 e. The first-order valence-corrected chi connectivity index (χ1v) is 24.8. The number of phenols is 3. The number of hydrogen-bond donors (Lipinski definition) is 9. The van der Waals surface area contributed by atoms with Gasteiger partial charge in [-0.2, -0.15) is 0 Å². The summed E-state index contributed by atoms with van der Waals surface area (Å²) >= 11 is 0. The lowest BCUT2D eigenvalue weighted by molar-refractivity contribution is -0.123. The van der Waals surface area contributed by atoms with Crippen LogP contribution in [0.15, 0.2) is 97.3 Å². The highest BCUT2D eigenvalue weighted by Crippen LogP contribution is 2.42. The maximum absolute atomic E-state index is 15.1. The number of methoxy groups -OCH3 is 1. The first-order chi connectivity index (χ1) is 31.9. The molecule has 0 radical (unpaired) electrons. The highest BCUT2D eigenvalue weighted by Gasteiger charge is 2.32. The number of H-pyrrole nitrogens is 1. The SMILES string of the molecule is CNCc1cc(O)cc([C@@H](Cc2ccc(O)c3c2CSSC[C@](C)(O)CNCO3)C(=O)C[C@@H](O)[C@H](Cc2cc[nH]c2)Cc2ccc(O)c(OC)c2Cc2cccc3cccc(CCO)c23)c1. The molecule has 5 aromatic carbocycles. The third kappa shape index (κ3) is 12.0. The Bertz CT molecular complexity index is 2580. The van der Waals surface area contributed by atoms with E-state index in [1.54, 1.807) is 37.3 Å². The van der Waals surface area contributed by atoms with Crippen molar-refractivity contribution in [3.63, 3.8) is 0 Å². The summed E-state index contributed by atoms with van der Waals surface area (Å²) < 4.78 is 12.0. The van der Waals surface area contributed by atoms with Crippen LogP contribution in [0.2, 0.25) is 0 Å². The smallest absolute Gasteiger partial charge is 0.167 e. The van der Waals surface area contributed by atoms with Crippen molar-refractivity contribution in [2.45, 2.75) is 75.4 Å². The molecule has 6 aromatic rings. The number of aliphatic hydroxyl groups is 3. The van der Waals surface area contributed by atoms with Gasteiger partial charge in [0.15, 0.2) is 23.0 Å². The number of Topliss-reactive ketones (excluding diaryl/α,β-unsaturated/α-hetero) is 1. The van der Waals surface area contributed by atoms with Crippen molar-refractivity contribution in [3.8, 4) is 28.7 Å². The second-order valence-electron chi connectivity index (χ2n) is 17.5. The van der Waals surface area contributed by atoms with Crippen molar-refractivity contribution < 1.29 is 44.9 Å². The zero-order valence-electron chi connectivity index (χ0n) is 37.7. The Balaban J connectivity index is 1.24. The number of ether oxygens (including phenoxy) is 2. The number of hydrogen-bond acceptors (Lipinski definition) is 13. The first-order valence-electron chi connectivity index (χ1n) is 22.3. The minimum absolute atomic E-state index is 0.00147. The quantitative estimate of drug-likeness (QED) is 0.0386. The monoisotopic (exact) mass is 935 g/mol. The van der Waals surface area contributed by atoms with E-state index in [4.69, 9.17) is 9.47 Å². The van der Waals surface area contributed by atoms with Crippen molar-refractivity contribution in [2.24, 2.45) is 5.92 Å². The molecular weight excluding hydrogens is 875 g/mol. The molecule has 350 valence electrons. The van der Waals surface area contributed by atoms with Crippen LogP contribution in [-0.4, -0.2) is 92.9 Å². The average molecular weight is 936 g/mol. The summed E-state index contributed by atoms with van der Waals surface area (Å²) in [5.74, 6) is 0.000209. The number of benzene rings is 5. The molecule has 7 rings (SSSR count). The van der Waals surface area contributed by atoms with E-state index in [9.17, 15) is 30.6 Å². The number of phenolic OH excluding ortho intramolecular Hbond substituents is 3. The first kappa shape index (κ1) is 48.7. The lowest BCUT2D eigenvalue weighted by atomic mass is 9.80. The number of fused-ring (bicyclic) bond motifs is 2. The molecule has 2 heterocycles. The number of aromatic nitrogens is 1. The van der Waals surface area contributed by atoms with Crippen LogP contribution >= 0.6 is 21.6 Å². The summed E-state index contributed by atoms with van der Waals surface area (Å²) in [7, 11) is 6.38. The number of carbonyl (C=O) groups is 1. The van der Waals surface area contributed by atoms with E-state index in [1.165, 1.54) is 28.7 Å². The predicted octanol–water partition coefficient (Wildman–Crippen LogP) is 7.46. The highest BCUT2D eigenvalue weighted by molar-refractivity contribution is 8.76. The Hall–Kier alpha value is -5.19. The Kier molecular flexibility index (Phi) is 16.6. The lowest BCUT2D eigenvalue weighted by Gasteiger charge is -2.27. The zero-order chi connectivity index (χ0) is 46.8. The molecule has 1 aromatic heterocycles. The molecular formula is C52H61N3O9S2. The number of β-amino-alcohol motifs (C(OH)–C–C–N with tert-alkyl or cyclic N) is 1. The molecule has 1 aliphatic rings. The van der Waals surface area contributed by atoms with E-state index in [0.29, 0.717) is 67.3 Å². The van der Waals surface area contributed by atoms with Crippen molar-refractivity contribution >= 4 is 38.1 Å². The van der Waals surface area contributed by atoms with Crippen molar-refractivity contribution in [3.05, 3.63) is 147 Å². The number of aliphatic hydroxyl groups excluding tert-OH is 2. The third-order valence-corrected chi connectivity index (χ3v) is 14.9. The summed E-state index contributed by atoms with van der Waals surface area (Å²) in [5, 5.41) is 74.7. The molecule has 4 atom stereocenters. The van der Waals surface area contributed by atoms with E-state index < -0.39 is 23.5 Å². The van der Waals surface area contributed by atoms with Crippen LogP contribution in [0.1, 0.15) is 69.3 Å². The lowest BCUT2D eigenvalue weighted by Crippen LogP contribution is -2.41. The summed E-state index contributed by atoms with van der Waals surface area (Å²) in [4.78, 5) is 18.2. The van der Waals surface area contributed by atoms with Gasteiger partial charge in [0.05, 0.1) is 18.8 Å². The van der Waals surface area contributed by atoms with Crippen LogP contribution in [-0.2, 0) is 49.2 Å². The standard InChI is InChI=1S/C52H61N3O9S2/c1-52(62)29-55-31-64-51-44(28-65-66-30-52)37(11-13-46(51)59)23-42(39-19-33(26-53-2)20-41(57)22-39)48(61)25-47(60)40(18-32-14-16-54-27-32)21-36-10-12-45(58)50(63-3)43(36)24-38-9-5-7-34-6-4-8-35(15-17-56)49(34)38/h4-14,16,19-20,22,27,40,42,47,53-60,62H,15,17-18,21,23-26,28-31H2,1-3H3/t40-,42-,47-,52-/m1/s1. The molecule has 66 heavy (non-hydrogen) atoms. The molecule has 0 bridgehead atoms. The van der Waals surface area contributed by atoms with Crippen molar-refractivity contribution in [1.29, 1.82) is 0 Å². The predicted molar refractivity (Wildman–Crippen MR) is 263 cm³/mol. The van der Waals surface area contributed by atoms with E-state index >= 15 is 4.79 Å². The number of aromatic hydroxyl groups is 3. The van der Waals surface area contributed by atoms with E-state index in [2.05, 4.69) is 21.7 Å². The molecule has 0 aliphatic carbocycles. The number of ketones is 1. The van der Waals surface area contributed by atoms with Gasteiger partial charge in [-0.05, 0) is 126 Å². The Morgan fingerprint density at radius 2 is 1.68 bits per heavy atom. The number of rotatable bonds is 18. The largest absolute Gasteiger partial charge is 0.508 e. The minimum Gasteiger partial charge on any atom is -0.508 e. The molecule has 0 unspecified atom stereocenters. The van der Waals surface area contributed by atoms with Crippen LogP contribution in [0.3, 0.4) is 0 Å². The normalized spacial score (nSPS) is 17.0. The van der Waals surface area contributed by atoms with Gasteiger partial charge in [0.2, 0.25) is 0 Å². The minimum atomic E-state index is -1.11. The number of aromatic amines is 1. The Morgan fingerprint density at radius 3 is 2.42 bits per heavy atom. The van der Waals surface area contributed by atoms with Gasteiger partial charge >= 0.3 is 0 Å². The van der Waals surface area contributed by atoms with Crippen molar-refractivity contribution in [2.75, 3.05) is 39.8 Å². The van der Waals surface area contributed by atoms with E-state index in [-0.39, 0.29) is 49.2 Å². The Morgan fingerprint density at radius 1 is 0.909 bits per heavy atom. The van der Waals surface area contributed by atoms with Crippen LogP contribution in [0.25, 0.3) is 10.8 Å². The van der Waals surface area contributed by atoms with Gasteiger partial charge in [0, 0.05) is 73.5 Å². The van der Waals surface area contributed by atoms with Gasteiger partial charge in [-0.1, -0.05) is 76.2 Å². The number of nitrogens with one attached hydrogen (secondary N) is 3. The van der Waals surface area contributed by atoms with Gasteiger partial charge in [0.25, 0.3) is 0 Å². The van der Waals surface area contributed by atoms with Crippen molar-refractivity contribution in [1.82, 2.24) is 15.6 Å². The fraction of sp³-hybridized carbons (Fsp3) is 0.365. The molecule has 0 saturated carbocycles. The van der Waals surface area contributed by atoms with E-state index in [1.807, 2.05) is 68.0 Å². The fourth-order valence-corrected chi connectivity index (χ4v) is 11.7. The second-order valence-corrected chi connectivity index (χ2v) is 19.9. The summed E-state index contributed by atoms with van der Waals surface area (Å²) in [5.41, 5.74) is 6.50.